The Labute approximate surface area is 122 Å². The quantitative estimate of drug-likeness (QED) is 0.856. The summed E-state index contributed by atoms with van der Waals surface area (Å²) < 4.78 is 0. The van der Waals surface area contributed by atoms with Crippen molar-refractivity contribution in [1.29, 1.82) is 0 Å². The van der Waals surface area contributed by atoms with Gasteiger partial charge < -0.3 is 15.5 Å². The molecular formula is C15H28N4O. The molecule has 1 saturated heterocycles. The van der Waals surface area contributed by atoms with Crippen LogP contribution in [0.25, 0.3) is 0 Å². The molecule has 2 heterocycles. The highest BCUT2D eigenvalue weighted by Gasteiger charge is 2.49. The van der Waals surface area contributed by atoms with Gasteiger partial charge in [-0.1, -0.05) is 27.7 Å². The predicted octanol–water partition coefficient (Wildman–Crippen LogP) is 1.93. The van der Waals surface area contributed by atoms with E-state index in [-0.39, 0.29) is 11.6 Å². The van der Waals surface area contributed by atoms with Crippen LogP contribution < -0.4 is 5.73 Å². The first-order chi connectivity index (χ1) is 9.35. The number of carbonyl (C=O) groups is 1. The van der Waals surface area contributed by atoms with Gasteiger partial charge in [0.05, 0.1) is 0 Å². The Hall–Kier alpha value is -1.10. The highest BCUT2D eigenvalue weighted by Crippen LogP contribution is 2.34. The van der Waals surface area contributed by atoms with Gasteiger partial charge in [-0.2, -0.15) is 4.99 Å². The van der Waals surface area contributed by atoms with Crippen LogP contribution in [-0.4, -0.2) is 53.4 Å². The summed E-state index contributed by atoms with van der Waals surface area (Å²) in [6, 6.07) is -0.145. The fourth-order valence-electron chi connectivity index (χ4n) is 3.35. The third-order valence-electron chi connectivity index (χ3n) is 4.29. The van der Waals surface area contributed by atoms with Crippen LogP contribution in [-0.2, 0) is 0 Å². The Morgan fingerprint density at radius 1 is 1.15 bits per heavy atom. The minimum Gasteiger partial charge on any atom is -0.385 e. The molecule has 0 aromatic rings. The van der Waals surface area contributed by atoms with Gasteiger partial charge in [0.25, 0.3) is 0 Å². The topological polar surface area (TPSA) is 61.9 Å². The van der Waals surface area contributed by atoms with Crippen molar-refractivity contribution >= 4 is 11.9 Å². The van der Waals surface area contributed by atoms with E-state index in [2.05, 4.69) is 37.6 Å². The second kappa shape index (κ2) is 5.72. The number of piperidine rings is 1. The normalized spacial score (nSPS) is 23.2. The van der Waals surface area contributed by atoms with Crippen LogP contribution in [0, 0.1) is 11.8 Å². The number of hydrogen-bond acceptors (Lipinski definition) is 3. The first-order valence-corrected chi connectivity index (χ1v) is 7.74. The summed E-state index contributed by atoms with van der Waals surface area (Å²) in [5, 5.41) is 0. The number of urea groups is 1. The third kappa shape index (κ3) is 2.82. The average molecular weight is 280 g/mol. The summed E-state index contributed by atoms with van der Waals surface area (Å²) in [5.74, 6) is 1.64. The highest BCUT2D eigenvalue weighted by atomic mass is 16.2. The summed E-state index contributed by atoms with van der Waals surface area (Å²) in [5.41, 5.74) is 5.81. The minimum absolute atomic E-state index is 0.145. The number of amides is 2. The Morgan fingerprint density at radius 2 is 1.70 bits per heavy atom. The lowest BCUT2D eigenvalue weighted by Crippen LogP contribution is -2.60. The van der Waals surface area contributed by atoms with Gasteiger partial charge in [0.15, 0.2) is 0 Å². The van der Waals surface area contributed by atoms with Crippen LogP contribution in [0.15, 0.2) is 4.99 Å². The number of carbonyl (C=O) groups excluding carboxylic acids is 1. The number of nitrogens with two attached hydrogens (primary N) is 1. The molecule has 2 aliphatic rings. The molecule has 0 bridgehead atoms. The molecule has 2 rings (SSSR count). The number of aliphatic imine (C=N–C) groups is 1. The molecule has 2 amide bonds. The van der Waals surface area contributed by atoms with Crippen molar-refractivity contribution in [3.63, 3.8) is 0 Å². The maximum atomic E-state index is 12.1. The smallest absolute Gasteiger partial charge is 0.346 e. The molecule has 0 atom stereocenters. The van der Waals surface area contributed by atoms with Crippen molar-refractivity contribution < 1.29 is 4.79 Å². The van der Waals surface area contributed by atoms with Crippen molar-refractivity contribution in [3.8, 4) is 0 Å². The molecule has 2 aliphatic heterocycles. The number of likely N-dealkylation sites (tertiary alicyclic amines) is 1. The second-order valence-electron chi connectivity index (χ2n) is 7.01. The number of amidine groups is 1. The lowest BCUT2D eigenvalue weighted by molar-refractivity contribution is 0.0883. The van der Waals surface area contributed by atoms with Crippen LogP contribution >= 0.6 is 0 Å². The van der Waals surface area contributed by atoms with E-state index in [0.29, 0.717) is 17.7 Å². The summed E-state index contributed by atoms with van der Waals surface area (Å²) in [4.78, 5) is 20.5. The molecule has 0 unspecified atom stereocenters. The zero-order valence-electron chi connectivity index (χ0n) is 13.2. The molecule has 1 spiro atoms. The van der Waals surface area contributed by atoms with E-state index < -0.39 is 0 Å². The summed E-state index contributed by atoms with van der Waals surface area (Å²) >= 11 is 0. The monoisotopic (exact) mass is 280 g/mol. The van der Waals surface area contributed by atoms with E-state index in [0.717, 1.165) is 39.0 Å². The molecule has 0 radical (unpaired) electrons. The molecule has 5 nitrogen and oxygen atoms in total. The Balaban J connectivity index is 2.09. The molecule has 20 heavy (non-hydrogen) atoms. The van der Waals surface area contributed by atoms with Gasteiger partial charge in [-0.05, 0) is 24.7 Å². The molecule has 0 aromatic carbocycles. The molecule has 0 aromatic heterocycles. The van der Waals surface area contributed by atoms with E-state index in [1.807, 2.05) is 4.90 Å². The van der Waals surface area contributed by atoms with Crippen LogP contribution in [0.2, 0.25) is 0 Å². The van der Waals surface area contributed by atoms with E-state index in [4.69, 9.17) is 5.73 Å². The summed E-state index contributed by atoms with van der Waals surface area (Å²) in [6.45, 7) is 12.6. The molecule has 0 aliphatic carbocycles. The lowest BCUT2D eigenvalue weighted by atomic mass is 9.84. The lowest BCUT2D eigenvalue weighted by Gasteiger charge is -2.45. The van der Waals surface area contributed by atoms with E-state index in [1.165, 1.54) is 0 Å². The van der Waals surface area contributed by atoms with E-state index in [9.17, 15) is 4.79 Å². The van der Waals surface area contributed by atoms with E-state index >= 15 is 0 Å². The van der Waals surface area contributed by atoms with Gasteiger partial charge in [0.1, 0.15) is 11.4 Å². The molecule has 5 heteroatoms. The Bertz CT molecular complexity index is 395. The zero-order valence-corrected chi connectivity index (χ0v) is 13.2. The number of nitrogens with zero attached hydrogens (tertiary/aromatic N) is 3. The maximum Gasteiger partial charge on any atom is 0.346 e. The standard InChI is InChI=1S/C15H28N4O/c1-11(2)9-18-7-5-15(6-8-18)13(16)17-14(20)19(15)10-12(3)4/h11-12H,5-10H2,1-4H3,(H2,16,17,20). The van der Waals surface area contributed by atoms with Gasteiger partial charge in [0.2, 0.25) is 0 Å². The van der Waals surface area contributed by atoms with Crippen molar-refractivity contribution in [2.75, 3.05) is 26.2 Å². The fraction of sp³-hybridized carbons (Fsp3) is 0.867. The maximum absolute atomic E-state index is 12.1. The van der Waals surface area contributed by atoms with Crippen LogP contribution in [0.3, 0.4) is 0 Å². The molecule has 1 fully saturated rings. The first-order valence-electron chi connectivity index (χ1n) is 7.74. The zero-order chi connectivity index (χ0) is 14.9. The summed E-state index contributed by atoms with van der Waals surface area (Å²) in [6.07, 6.45) is 1.82. The van der Waals surface area contributed by atoms with Crippen molar-refractivity contribution in [1.82, 2.24) is 9.80 Å². The van der Waals surface area contributed by atoms with Gasteiger partial charge in [-0.25, -0.2) is 4.79 Å². The third-order valence-corrected chi connectivity index (χ3v) is 4.29. The van der Waals surface area contributed by atoms with Crippen LogP contribution in [0.5, 0.6) is 0 Å². The van der Waals surface area contributed by atoms with Gasteiger partial charge in [-0.3, -0.25) is 0 Å². The largest absolute Gasteiger partial charge is 0.385 e. The van der Waals surface area contributed by atoms with Gasteiger partial charge in [0, 0.05) is 26.2 Å². The van der Waals surface area contributed by atoms with Crippen molar-refractivity contribution in [2.45, 2.75) is 46.1 Å². The van der Waals surface area contributed by atoms with Crippen LogP contribution in [0.4, 0.5) is 4.79 Å². The second-order valence-corrected chi connectivity index (χ2v) is 7.01. The van der Waals surface area contributed by atoms with Crippen molar-refractivity contribution in [3.05, 3.63) is 0 Å². The van der Waals surface area contributed by atoms with Crippen molar-refractivity contribution in [2.24, 2.45) is 22.6 Å². The molecule has 0 saturated carbocycles. The molecule has 2 N–H and O–H groups in total. The minimum atomic E-state index is -0.311. The molecule has 114 valence electrons. The van der Waals surface area contributed by atoms with Crippen LogP contribution in [0.1, 0.15) is 40.5 Å². The van der Waals surface area contributed by atoms with Gasteiger partial charge in [-0.15, -0.1) is 0 Å². The fourth-order valence-corrected chi connectivity index (χ4v) is 3.35. The number of rotatable bonds is 4. The predicted molar refractivity (Wildman–Crippen MR) is 81.8 cm³/mol. The van der Waals surface area contributed by atoms with E-state index in [1.54, 1.807) is 0 Å². The highest BCUT2D eigenvalue weighted by molar-refractivity contribution is 6.05. The Morgan fingerprint density at radius 3 is 2.20 bits per heavy atom. The Kier molecular flexibility index (Phi) is 4.37. The first kappa shape index (κ1) is 15.3. The molecular weight excluding hydrogens is 252 g/mol. The SMILES string of the molecule is CC(C)CN1CCC2(CC1)C(N)=NC(=O)N2CC(C)C. The van der Waals surface area contributed by atoms with Gasteiger partial charge >= 0.3 is 6.03 Å². The average Bonchev–Trinajstić information content (AvgIpc) is 2.56. The number of hydrogen-bond donors (Lipinski definition) is 1. The summed E-state index contributed by atoms with van der Waals surface area (Å²) in [7, 11) is 0.